The monoisotopic (exact) mass is 608 g/mol. The van der Waals surface area contributed by atoms with E-state index < -0.39 is 23.6 Å². The molecule has 2 aliphatic heterocycles. The van der Waals surface area contributed by atoms with Crippen LogP contribution >= 0.6 is 46.4 Å². The maximum Gasteiger partial charge on any atom is 0.416 e. The van der Waals surface area contributed by atoms with E-state index in [1.165, 1.54) is 12.1 Å². The topological polar surface area (TPSA) is 27.7 Å². The van der Waals surface area contributed by atoms with Gasteiger partial charge in [-0.25, -0.2) is 0 Å². The molecule has 0 fully saturated rings. The van der Waals surface area contributed by atoms with E-state index in [4.69, 9.17) is 60.6 Å². The third-order valence-electron chi connectivity index (χ3n) is 6.51. The summed E-state index contributed by atoms with van der Waals surface area (Å²) in [5.41, 5.74) is 1.45. The molecule has 2 aliphatic rings. The Hall–Kier alpha value is -3.03. The summed E-state index contributed by atoms with van der Waals surface area (Å²) in [6, 6.07) is 23.0. The minimum absolute atomic E-state index is 0.0253. The van der Waals surface area contributed by atoms with E-state index in [0.717, 1.165) is 17.7 Å². The van der Waals surface area contributed by atoms with Gasteiger partial charge < -0.3 is 14.2 Å². The molecule has 2 atom stereocenters. The molecule has 0 amide bonds. The molecule has 0 saturated heterocycles. The SMILES string of the molecule is FC(F)(F)c1ccc(C23OC(c4ccccc4)=C(c4ccccc4)C2Oc2c(Cl)c(Cl)c(Cl)c(Cl)c2O3)cc1. The minimum atomic E-state index is -4.54. The van der Waals surface area contributed by atoms with Crippen molar-refractivity contribution in [2.45, 2.75) is 18.1 Å². The standard InChI is InChI=1S/C29H15Cl4F3O3/c30-20-21(31)23(33)26-25(22(20)32)37-27-19(15-7-3-1-4-8-15)24(16-9-5-2-6-10-16)38-28(27,39-26)17-11-13-18(14-12-17)29(34,35)36/h1-14,27H. The average Bonchev–Trinajstić information content (AvgIpc) is 3.30. The van der Waals surface area contributed by atoms with Gasteiger partial charge in [-0.05, 0) is 17.7 Å². The highest BCUT2D eigenvalue weighted by atomic mass is 35.5. The van der Waals surface area contributed by atoms with Crippen molar-refractivity contribution in [3.8, 4) is 11.5 Å². The molecule has 4 aromatic carbocycles. The second-order valence-electron chi connectivity index (χ2n) is 8.83. The minimum Gasteiger partial charge on any atom is -0.471 e. The molecule has 4 aromatic rings. The van der Waals surface area contributed by atoms with Crippen molar-refractivity contribution in [2.75, 3.05) is 0 Å². The predicted molar refractivity (Wildman–Crippen MR) is 145 cm³/mol. The first-order valence-electron chi connectivity index (χ1n) is 11.5. The van der Waals surface area contributed by atoms with Gasteiger partial charge in [0.25, 0.3) is 0 Å². The Morgan fingerprint density at radius 1 is 0.615 bits per heavy atom. The second kappa shape index (κ2) is 9.56. The van der Waals surface area contributed by atoms with Crippen molar-refractivity contribution in [3.63, 3.8) is 0 Å². The lowest BCUT2D eigenvalue weighted by atomic mass is 9.89. The third-order valence-corrected chi connectivity index (χ3v) is 8.28. The van der Waals surface area contributed by atoms with Crippen LogP contribution in [0.4, 0.5) is 13.2 Å². The molecule has 0 N–H and O–H groups in total. The predicted octanol–water partition coefficient (Wildman–Crippen LogP) is 9.91. The lowest BCUT2D eigenvalue weighted by Crippen LogP contribution is -2.49. The molecule has 0 aromatic heterocycles. The van der Waals surface area contributed by atoms with Crippen molar-refractivity contribution in [2.24, 2.45) is 0 Å². The largest absolute Gasteiger partial charge is 0.471 e. The van der Waals surface area contributed by atoms with Crippen LogP contribution in [-0.4, -0.2) is 6.10 Å². The summed E-state index contributed by atoms with van der Waals surface area (Å²) in [5.74, 6) is -1.40. The summed E-state index contributed by atoms with van der Waals surface area (Å²) in [6.07, 6.45) is -5.57. The molecule has 39 heavy (non-hydrogen) atoms. The number of hydrogen-bond donors (Lipinski definition) is 0. The van der Waals surface area contributed by atoms with Gasteiger partial charge in [-0.15, -0.1) is 0 Å². The second-order valence-corrected chi connectivity index (χ2v) is 10.3. The first kappa shape index (κ1) is 26.2. The van der Waals surface area contributed by atoms with Gasteiger partial charge in [0.05, 0.1) is 21.2 Å². The van der Waals surface area contributed by atoms with Crippen molar-refractivity contribution in [1.82, 2.24) is 0 Å². The lowest BCUT2D eigenvalue weighted by molar-refractivity contribution is -0.188. The summed E-state index contributed by atoms with van der Waals surface area (Å²) < 4.78 is 59.8. The van der Waals surface area contributed by atoms with E-state index in [2.05, 4.69) is 0 Å². The molecule has 2 unspecified atom stereocenters. The molecule has 0 spiro atoms. The number of ether oxygens (including phenoxy) is 3. The van der Waals surface area contributed by atoms with Crippen LogP contribution in [0.15, 0.2) is 84.9 Å². The molecule has 0 bridgehead atoms. The van der Waals surface area contributed by atoms with Crippen LogP contribution in [0.1, 0.15) is 22.3 Å². The van der Waals surface area contributed by atoms with Crippen LogP contribution < -0.4 is 9.47 Å². The van der Waals surface area contributed by atoms with E-state index in [1.807, 2.05) is 60.7 Å². The zero-order valence-corrected chi connectivity index (χ0v) is 22.6. The van der Waals surface area contributed by atoms with E-state index in [-0.39, 0.29) is 37.2 Å². The zero-order valence-electron chi connectivity index (χ0n) is 19.5. The fourth-order valence-electron chi connectivity index (χ4n) is 4.70. The van der Waals surface area contributed by atoms with Gasteiger partial charge in [0.1, 0.15) is 15.8 Å². The van der Waals surface area contributed by atoms with Crippen molar-refractivity contribution in [3.05, 3.63) is 127 Å². The fraction of sp³-hybridized carbons (Fsp3) is 0.103. The van der Waals surface area contributed by atoms with Gasteiger partial charge in [0, 0.05) is 11.1 Å². The molecular formula is C29H15Cl4F3O3. The van der Waals surface area contributed by atoms with Crippen LogP contribution in [0.25, 0.3) is 11.3 Å². The summed E-state index contributed by atoms with van der Waals surface area (Å²) >= 11 is 25.7. The van der Waals surface area contributed by atoms with Crippen LogP contribution in [0.5, 0.6) is 11.5 Å². The quantitative estimate of drug-likeness (QED) is 0.171. The number of hydrogen-bond acceptors (Lipinski definition) is 3. The smallest absolute Gasteiger partial charge is 0.416 e. The van der Waals surface area contributed by atoms with E-state index >= 15 is 0 Å². The van der Waals surface area contributed by atoms with Gasteiger partial charge >= 0.3 is 12.0 Å². The molecule has 0 saturated carbocycles. The lowest BCUT2D eigenvalue weighted by Gasteiger charge is -2.41. The Morgan fingerprint density at radius 2 is 1.15 bits per heavy atom. The van der Waals surface area contributed by atoms with Crippen LogP contribution in [0, 0.1) is 0 Å². The summed E-state index contributed by atoms with van der Waals surface area (Å²) in [5, 5.41) is -0.198. The fourth-order valence-corrected chi connectivity index (χ4v) is 5.60. The maximum atomic E-state index is 13.4. The van der Waals surface area contributed by atoms with Crippen LogP contribution in [0.2, 0.25) is 20.1 Å². The molecule has 3 nitrogen and oxygen atoms in total. The Balaban J connectivity index is 1.63. The highest BCUT2D eigenvalue weighted by molar-refractivity contribution is 6.53. The highest BCUT2D eigenvalue weighted by Gasteiger charge is 2.60. The summed E-state index contributed by atoms with van der Waals surface area (Å²) in [4.78, 5) is 0. The number of fused-ring (bicyclic) bond motifs is 2. The van der Waals surface area contributed by atoms with E-state index in [1.54, 1.807) is 0 Å². The zero-order chi connectivity index (χ0) is 27.5. The van der Waals surface area contributed by atoms with Gasteiger partial charge in [0.15, 0.2) is 11.5 Å². The Bertz CT molecular complexity index is 1610. The summed E-state index contributed by atoms with van der Waals surface area (Å²) in [6.45, 7) is 0. The van der Waals surface area contributed by atoms with Crippen LogP contribution in [0.3, 0.4) is 0 Å². The van der Waals surface area contributed by atoms with Crippen molar-refractivity contribution in [1.29, 1.82) is 0 Å². The normalized spacial score (nSPS) is 20.0. The molecule has 198 valence electrons. The summed E-state index contributed by atoms with van der Waals surface area (Å²) in [7, 11) is 0. The average molecular weight is 610 g/mol. The third kappa shape index (κ3) is 4.21. The Morgan fingerprint density at radius 3 is 1.72 bits per heavy atom. The van der Waals surface area contributed by atoms with Crippen molar-refractivity contribution >= 4 is 57.7 Å². The van der Waals surface area contributed by atoms with Gasteiger partial charge in [-0.3, -0.25) is 0 Å². The van der Waals surface area contributed by atoms with Gasteiger partial charge in [0.2, 0.25) is 6.10 Å². The molecule has 10 heteroatoms. The first-order chi connectivity index (χ1) is 18.6. The van der Waals surface area contributed by atoms with Gasteiger partial charge in [-0.2, -0.15) is 13.2 Å². The maximum absolute atomic E-state index is 13.4. The molecule has 2 heterocycles. The Kier molecular flexibility index (Phi) is 6.42. The van der Waals surface area contributed by atoms with Gasteiger partial charge in [-0.1, -0.05) is 119 Å². The molecular weight excluding hydrogens is 595 g/mol. The number of rotatable bonds is 3. The first-order valence-corrected chi connectivity index (χ1v) is 13.1. The highest BCUT2D eigenvalue weighted by Crippen LogP contribution is 2.61. The Labute approximate surface area is 241 Å². The van der Waals surface area contributed by atoms with Crippen LogP contribution in [-0.2, 0) is 16.7 Å². The van der Waals surface area contributed by atoms with E-state index in [9.17, 15) is 13.2 Å². The molecule has 6 rings (SSSR count). The number of alkyl halides is 3. The molecule has 0 radical (unpaired) electrons. The van der Waals surface area contributed by atoms with E-state index in [0.29, 0.717) is 16.9 Å². The van der Waals surface area contributed by atoms with Crippen molar-refractivity contribution < 1.29 is 27.4 Å². The number of halogens is 7. The molecule has 0 aliphatic carbocycles. The number of benzene rings is 4.